The van der Waals surface area contributed by atoms with E-state index in [9.17, 15) is 9.59 Å². The number of methoxy groups -OCH3 is 1. The Bertz CT molecular complexity index is 556. The predicted molar refractivity (Wildman–Crippen MR) is 76.5 cm³/mol. The fourth-order valence-corrected chi connectivity index (χ4v) is 2.09. The number of rotatable bonds is 5. The Morgan fingerprint density at radius 1 is 1.45 bits per heavy atom. The number of hydrogen-bond donors (Lipinski definition) is 1. The smallest absolute Gasteiger partial charge is 0.412 e. The number of hydrogen-bond acceptors (Lipinski definition) is 5. The number of benzene rings is 1. The number of carbonyl (C=O) groups is 2. The minimum Gasteiger partial charge on any atom is -0.497 e. The van der Waals surface area contributed by atoms with Crippen LogP contribution in [0.2, 0.25) is 0 Å². The van der Waals surface area contributed by atoms with Gasteiger partial charge in [0.2, 0.25) is 0 Å². The molecule has 118 valence electrons. The molecule has 2 rings (SSSR count). The molecule has 1 aromatic carbocycles. The zero-order valence-electron chi connectivity index (χ0n) is 12.1. The van der Waals surface area contributed by atoms with E-state index in [0.29, 0.717) is 11.3 Å². The highest BCUT2D eigenvalue weighted by Gasteiger charge is 2.41. The Labute approximate surface area is 127 Å². The van der Waals surface area contributed by atoms with Crippen LogP contribution in [0.15, 0.2) is 36.9 Å². The molecule has 0 aliphatic carbocycles. The van der Waals surface area contributed by atoms with Gasteiger partial charge in [-0.3, -0.25) is 4.90 Å². The minimum atomic E-state index is -1.13. The summed E-state index contributed by atoms with van der Waals surface area (Å²) in [7, 11) is 1.54. The van der Waals surface area contributed by atoms with Crippen LogP contribution in [0.4, 0.5) is 4.79 Å². The topological polar surface area (TPSA) is 85.3 Å². The Balaban J connectivity index is 2.21. The highest BCUT2D eigenvalue weighted by molar-refractivity contribution is 5.76. The van der Waals surface area contributed by atoms with Crippen molar-refractivity contribution in [1.29, 1.82) is 0 Å². The van der Waals surface area contributed by atoms with Crippen molar-refractivity contribution in [1.82, 2.24) is 4.90 Å². The summed E-state index contributed by atoms with van der Waals surface area (Å²) in [6.45, 7) is 3.43. The molecule has 0 radical (unpaired) electrons. The molecule has 1 heterocycles. The minimum absolute atomic E-state index is 0.0441. The normalized spacial score (nSPS) is 20.5. The number of amides is 1. The quantitative estimate of drug-likeness (QED) is 0.835. The van der Waals surface area contributed by atoms with Crippen LogP contribution < -0.4 is 4.74 Å². The molecular formula is C15H17NO6. The molecule has 0 spiro atoms. The molecule has 2 atom stereocenters. The molecule has 1 N–H and O–H groups in total. The summed E-state index contributed by atoms with van der Waals surface area (Å²) in [6.07, 6.45) is -1.12. The van der Waals surface area contributed by atoms with Gasteiger partial charge in [0, 0.05) is 5.56 Å². The number of carboxylic acid groups (broad SMARTS) is 1. The standard InChI is InChI=1S/C15H17NO6/c1-3-8-21-15(19)16-9-12(14(17)18)22-13(16)10-4-6-11(20-2)7-5-10/h3-7,12-13H,1,8-9H2,2H3,(H,17,18)/t12-,13?/m1/s1. The van der Waals surface area contributed by atoms with Gasteiger partial charge in [-0.1, -0.05) is 24.8 Å². The summed E-state index contributed by atoms with van der Waals surface area (Å²) in [4.78, 5) is 24.4. The molecule has 1 saturated heterocycles. The lowest BCUT2D eigenvalue weighted by molar-refractivity contribution is -0.149. The van der Waals surface area contributed by atoms with Crippen molar-refractivity contribution < 1.29 is 28.9 Å². The molecule has 7 nitrogen and oxygen atoms in total. The second kappa shape index (κ2) is 6.95. The summed E-state index contributed by atoms with van der Waals surface area (Å²) >= 11 is 0. The first-order valence-corrected chi connectivity index (χ1v) is 6.63. The molecule has 7 heteroatoms. The first-order chi connectivity index (χ1) is 10.6. The number of nitrogens with zero attached hydrogens (tertiary/aromatic N) is 1. The van der Waals surface area contributed by atoms with Crippen LogP contribution in [0, 0.1) is 0 Å². The fourth-order valence-electron chi connectivity index (χ4n) is 2.09. The van der Waals surface area contributed by atoms with Crippen LogP contribution in [0.5, 0.6) is 5.75 Å². The van der Waals surface area contributed by atoms with Gasteiger partial charge >= 0.3 is 12.1 Å². The molecular weight excluding hydrogens is 290 g/mol. The maximum absolute atomic E-state index is 12.0. The van der Waals surface area contributed by atoms with E-state index in [1.807, 2.05) is 0 Å². The number of carbonyl (C=O) groups excluding carboxylic acids is 1. The van der Waals surface area contributed by atoms with E-state index in [-0.39, 0.29) is 13.2 Å². The Morgan fingerprint density at radius 3 is 2.68 bits per heavy atom. The third-order valence-electron chi connectivity index (χ3n) is 3.17. The van der Waals surface area contributed by atoms with E-state index in [0.717, 1.165) is 0 Å². The third kappa shape index (κ3) is 3.37. The zero-order chi connectivity index (χ0) is 16.1. The van der Waals surface area contributed by atoms with E-state index >= 15 is 0 Å². The van der Waals surface area contributed by atoms with E-state index in [1.165, 1.54) is 11.0 Å². The van der Waals surface area contributed by atoms with Crippen molar-refractivity contribution in [2.75, 3.05) is 20.3 Å². The average Bonchev–Trinajstić information content (AvgIpc) is 2.98. The maximum Gasteiger partial charge on any atom is 0.412 e. The Morgan fingerprint density at radius 2 is 2.14 bits per heavy atom. The summed E-state index contributed by atoms with van der Waals surface area (Å²) in [5.41, 5.74) is 0.639. The van der Waals surface area contributed by atoms with Gasteiger partial charge in [0.05, 0.1) is 13.7 Å². The summed E-state index contributed by atoms with van der Waals surface area (Å²) in [5, 5.41) is 9.10. The SMILES string of the molecule is C=CCOC(=O)N1C[C@H](C(=O)O)OC1c1ccc(OC)cc1. The van der Waals surface area contributed by atoms with Crippen molar-refractivity contribution in [2.24, 2.45) is 0 Å². The van der Waals surface area contributed by atoms with Crippen molar-refractivity contribution >= 4 is 12.1 Å². The third-order valence-corrected chi connectivity index (χ3v) is 3.17. The second-order valence-corrected chi connectivity index (χ2v) is 4.61. The molecule has 0 bridgehead atoms. The molecule has 0 saturated carbocycles. The number of ether oxygens (including phenoxy) is 3. The van der Waals surface area contributed by atoms with Crippen LogP contribution in [-0.2, 0) is 14.3 Å². The first-order valence-electron chi connectivity index (χ1n) is 6.63. The van der Waals surface area contributed by atoms with Crippen molar-refractivity contribution in [3.05, 3.63) is 42.5 Å². The highest BCUT2D eigenvalue weighted by atomic mass is 16.6. The summed E-state index contributed by atoms with van der Waals surface area (Å²) in [6, 6.07) is 6.84. The molecule has 1 aliphatic rings. The summed E-state index contributed by atoms with van der Waals surface area (Å²) < 4.78 is 15.5. The Hall–Kier alpha value is -2.54. The average molecular weight is 307 g/mol. The molecule has 1 aromatic rings. The van der Waals surface area contributed by atoms with E-state index in [4.69, 9.17) is 19.3 Å². The lowest BCUT2D eigenvalue weighted by Crippen LogP contribution is -2.33. The van der Waals surface area contributed by atoms with Gasteiger partial charge < -0.3 is 19.3 Å². The maximum atomic E-state index is 12.0. The van der Waals surface area contributed by atoms with Crippen LogP contribution in [-0.4, -0.2) is 48.4 Å². The fraction of sp³-hybridized carbons (Fsp3) is 0.333. The zero-order valence-corrected chi connectivity index (χ0v) is 12.1. The molecule has 22 heavy (non-hydrogen) atoms. The molecule has 1 aliphatic heterocycles. The largest absolute Gasteiger partial charge is 0.497 e. The van der Waals surface area contributed by atoms with Gasteiger partial charge in [0.25, 0.3) is 0 Å². The van der Waals surface area contributed by atoms with Crippen molar-refractivity contribution in [2.45, 2.75) is 12.3 Å². The number of aliphatic carboxylic acids is 1. The van der Waals surface area contributed by atoms with E-state index < -0.39 is 24.4 Å². The Kier molecular flexibility index (Phi) is 5.00. The van der Waals surface area contributed by atoms with E-state index in [1.54, 1.807) is 31.4 Å². The molecule has 1 amide bonds. The molecule has 1 fully saturated rings. The monoisotopic (exact) mass is 307 g/mol. The number of carboxylic acids is 1. The van der Waals surface area contributed by atoms with Gasteiger partial charge in [-0.2, -0.15) is 0 Å². The highest BCUT2D eigenvalue weighted by Crippen LogP contribution is 2.32. The molecule has 0 aromatic heterocycles. The predicted octanol–water partition coefficient (Wildman–Crippen LogP) is 1.80. The summed E-state index contributed by atoms with van der Waals surface area (Å²) in [5.74, 6) is -0.477. The van der Waals surface area contributed by atoms with Gasteiger partial charge in [-0.25, -0.2) is 9.59 Å². The lowest BCUT2D eigenvalue weighted by atomic mass is 10.2. The first kappa shape index (κ1) is 15.8. The van der Waals surface area contributed by atoms with Crippen LogP contribution in [0.3, 0.4) is 0 Å². The van der Waals surface area contributed by atoms with Gasteiger partial charge in [0.1, 0.15) is 12.4 Å². The van der Waals surface area contributed by atoms with Crippen LogP contribution >= 0.6 is 0 Å². The van der Waals surface area contributed by atoms with E-state index in [2.05, 4.69) is 6.58 Å². The molecule has 1 unspecified atom stereocenters. The van der Waals surface area contributed by atoms with Crippen LogP contribution in [0.25, 0.3) is 0 Å². The van der Waals surface area contributed by atoms with Gasteiger partial charge in [0.15, 0.2) is 12.3 Å². The van der Waals surface area contributed by atoms with Gasteiger partial charge in [-0.05, 0) is 12.1 Å². The van der Waals surface area contributed by atoms with Crippen LogP contribution in [0.1, 0.15) is 11.8 Å². The van der Waals surface area contributed by atoms with Gasteiger partial charge in [-0.15, -0.1) is 0 Å². The lowest BCUT2D eigenvalue weighted by Gasteiger charge is -2.22. The van der Waals surface area contributed by atoms with Crippen molar-refractivity contribution in [3.8, 4) is 5.75 Å². The second-order valence-electron chi connectivity index (χ2n) is 4.61. The van der Waals surface area contributed by atoms with Crippen molar-refractivity contribution in [3.63, 3.8) is 0 Å².